The molecular weight excluding hydrogens is 160 g/mol. The van der Waals surface area contributed by atoms with Crippen LogP contribution in [0, 0.1) is 0 Å². The van der Waals surface area contributed by atoms with Gasteiger partial charge in [0.1, 0.15) is 0 Å². The molecule has 0 unspecified atom stereocenters. The lowest BCUT2D eigenvalue weighted by Crippen LogP contribution is -2.34. The second-order valence-corrected chi connectivity index (χ2v) is 3.87. The number of rotatable bonds is 2. The predicted molar refractivity (Wildman–Crippen MR) is 54.8 cm³/mol. The molecule has 1 aliphatic rings. The Morgan fingerprint density at radius 2 is 2.46 bits per heavy atom. The van der Waals surface area contributed by atoms with Crippen LogP contribution < -0.4 is 0 Å². The summed E-state index contributed by atoms with van der Waals surface area (Å²) >= 11 is 0. The van der Waals surface area contributed by atoms with Crippen molar-refractivity contribution in [2.45, 2.75) is 32.7 Å². The van der Waals surface area contributed by atoms with Crippen molar-refractivity contribution >= 4 is 0 Å². The van der Waals surface area contributed by atoms with Crippen molar-refractivity contribution in [2.24, 2.45) is 0 Å². The molecule has 0 spiro atoms. The molecule has 0 radical (unpaired) electrons. The molecule has 0 amide bonds. The third-order valence-electron chi connectivity index (χ3n) is 3.03. The van der Waals surface area contributed by atoms with Crippen molar-refractivity contribution in [3.05, 3.63) is 23.5 Å². The van der Waals surface area contributed by atoms with Gasteiger partial charge in [-0.05, 0) is 31.5 Å². The zero-order valence-electron chi connectivity index (χ0n) is 8.51. The Kier molecular flexibility index (Phi) is 2.40. The SMILES string of the molecule is CCCN1CCc2[nH]ccc2[C@H]1C. The molecule has 0 bridgehead atoms. The zero-order valence-corrected chi connectivity index (χ0v) is 8.51. The molecule has 2 heteroatoms. The van der Waals surface area contributed by atoms with Crippen LogP contribution in [0.5, 0.6) is 0 Å². The minimum absolute atomic E-state index is 0.606. The number of H-pyrrole nitrogens is 1. The van der Waals surface area contributed by atoms with E-state index in [9.17, 15) is 0 Å². The second kappa shape index (κ2) is 3.54. The van der Waals surface area contributed by atoms with E-state index in [4.69, 9.17) is 0 Å². The highest BCUT2D eigenvalue weighted by molar-refractivity contribution is 5.26. The number of nitrogens with zero attached hydrogens (tertiary/aromatic N) is 1. The first-order valence-electron chi connectivity index (χ1n) is 5.23. The van der Waals surface area contributed by atoms with Crippen LogP contribution in [0.15, 0.2) is 12.3 Å². The van der Waals surface area contributed by atoms with Crippen molar-refractivity contribution in [3.63, 3.8) is 0 Å². The van der Waals surface area contributed by atoms with Gasteiger partial charge in [-0.15, -0.1) is 0 Å². The monoisotopic (exact) mass is 178 g/mol. The Bertz CT molecular complexity index is 277. The Hall–Kier alpha value is -0.760. The molecule has 0 saturated carbocycles. The van der Waals surface area contributed by atoms with Crippen molar-refractivity contribution in [1.29, 1.82) is 0 Å². The Morgan fingerprint density at radius 1 is 1.62 bits per heavy atom. The third kappa shape index (κ3) is 1.51. The first-order chi connectivity index (χ1) is 6.33. The summed E-state index contributed by atoms with van der Waals surface area (Å²) in [4.78, 5) is 5.89. The quantitative estimate of drug-likeness (QED) is 0.736. The number of fused-ring (bicyclic) bond motifs is 1. The van der Waals surface area contributed by atoms with Crippen LogP contribution in [0.1, 0.15) is 37.6 Å². The van der Waals surface area contributed by atoms with E-state index in [2.05, 4.69) is 36.0 Å². The van der Waals surface area contributed by atoms with Gasteiger partial charge in [-0.25, -0.2) is 0 Å². The van der Waals surface area contributed by atoms with E-state index < -0.39 is 0 Å². The fraction of sp³-hybridized carbons (Fsp3) is 0.636. The van der Waals surface area contributed by atoms with Gasteiger partial charge in [0.25, 0.3) is 0 Å². The summed E-state index contributed by atoms with van der Waals surface area (Å²) in [5, 5.41) is 0. The van der Waals surface area contributed by atoms with Gasteiger partial charge in [-0.1, -0.05) is 6.92 Å². The fourth-order valence-electron chi connectivity index (χ4n) is 2.26. The van der Waals surface area contributed by atoms with Gasteiger partial charge >= 0.3 is 0 Å². The van der Waals surface area contributed by atoms with Crippen LogP contribution >= 0.6 is 0 Å². The van der Waals surface area contributed by atoms with Crippen LogP contribution in [0.4, 0.5) is 0 Å². The molecule has 2 nitrogen and oxygen atoms in total. The summed E-state index contributed by atoms with van der Waals surface area (Å²) in [6, 6.07) is 2.83. The van der Waals surface area contributed by atoms with Crippen molar-refractivity contribution in [3.8, 4) is 0 Å². The highest BCUT2D eigenvalue weighted by atomic mass is 15.2. The van der Waals surface area contributed by atoms with E-state index in [-0.39, 0.29) is 0 Å². The van der Waals surface area contributed by atoms with Gasteiger partial charge in [0.2, 0.25) is 0 Å². The standard InChI is InChI=1S/C11H18N2/c1-3-7-13-8-5-11-10(9(13)2)4-6-12-11/h4,6,9,12H,3,5,7-8H2,1-2H3/t9-/m1/s1. The molecule has 1 N–H and O–H groups in total. The molecular formula is C11H18N2. The number of aromatic nitrogens is 1. The Balaban J connectivity index is 2.17. The van der Waals surface area contributed by atoms with Crippen molar-refractivity contribution in [2.75, 3.05) is 13.1 Å². The minimum Gasteiger partial charge on any atom is -0.365 e. The molecule has 2 rings (SSSR count). The minimum atomic E-state index is 0.606. The molecule has 0 aliphatic carbocycles. The Morgan fingerprint density at radius 3 is 3.23 bits per heavy atom. The molecule has 2 heterocycles. The number of hydrogen-bond acceptors (Lipinski definition) is 1. The number of hydrogen-bond donors (Lipinski definition) is 1. The fourth-order valence-corrected chi connectivity index (χ4v) is 2.26. The van der Waals surface area contributed by atoms with E-state index >= 15 is 0 Å². The highest BCUT2D eigenvalue weighted by Gasteiger charge is 2.23. The smallest absolute Gasteiger partial charge is 0.0337 e. The van der Waals surface area contributed by atoms with Gasteiger partial charge < -0.3 is 4.98 Å². The average Bonchev–Trinajstić information content (AvgIpc) is 2.58. The molecule has 13 heavy (non-hydrogen) atoms. The van der Waals surface area contributed by atoms with E-state index in [1.54, 1.807) is 0 Å². The summed E-state index contributed by atoms with van der Waals surface area (Å²) in [6.45, 7) is 7.00. The van der Waals surface area contributed by atoms with Gasteiger partial charge in [-0.2, -0.15) is 0 Å². The highest BCUT2D eigenvalue weighted by Crippen LogP contribution is 2.28. The maximum atomic E-state index is 3.32. The molecule has 1 aliphatic heterocycles. The lowest BCUT2D eigenvalue weighted by molar-refractivity contribution is 0.198. The maximum absolute atomic E-state index is 3.32. The largest absolute Gasteiger partial charge is 0.365 e. The molecule has 1 aromatic rings. The third-order valence-corrected chi connectivity index (χ3v) is 3.03. The summed E-state index contributed by atoms with van der Waals surface area (Å²) in [5.74, 6) is 0. The van der Waals surface area contributed by atoms with Crippen LogP contribution in [0.3, 0.4) is 0 Å². The second-order valence-electron chi connectivity index (χ2n) is 3.87. The maximum Gasteiger partial charge on any atom is 0.0337 e. The molecule has 1 aromatic heterocycles. The van der Waals surface area contributed by atoms with E-state index in [0.29, 0.717) is 6.04 Å². The lowest BCUT2D eigenvalue weighted by atomic mass is 10.0. The lowest BCUT2D eigenvalue weighted by Gasteiger charge is -2.33. The average molecular weight is 178 g/mol. The molecule has 0 fully saturated rings. The van der Waals surface area contributed by atoms with Crippen LogP contribution in [-0.4, -0.2) is 23.0 Å². The topological polar surface area (TPSA) is 19.0 Å². The van der Waals surface area contributed by atoms with Gasteiger partial charge in [0, 0.05) is 30.9 Å². The zero-order chi connectivity index (χ0) is 9.26. The summed E-state index contributed by atoms with van der Waals surface area (Å²) in [6.07, 6.45) is 4.51. The first kappa shape index (κ1) is 8.82. The molecule has 1 atom stereocenters. The van der Waals surface area contributed by atoms with Crippen molar-refractivity contribution in [1.82, 2.24) is 9.88 Å². The van der Waals surface area contributed by atoms with Crippen LogP contribution in [0.25, 0.3) is 0 Å². The summed E-state index contributed by atoms with van der Waals surface area (Å²) in [7, 11) is 0. The number of nitrogens with one attached hydrogen (secondary N) is 1. The van der Waals surface area contributed by atoms with E-state index in [1.165, 1.54) is 37.2 Å². The van der Waals surface area contributed by atoms with Crippen molar-refractivity contribution < 1.29 is 0 Å². The molecule has 0 saturated heterocycles. The molecule has 0 aromatic carbocycles. The van der Waals surface area contributed by atoms with E-state index in [1.807, 2.05) is 0 Å². The summed E-state index contributed by atoms with van der Waals surface area (Å²) in [5.41, 5.74) is 2.94. The molecule has 72 valence electrons. The first-order valence-corrected chi connectivity index (χ1v) is 5.23. The van der Waals surface area contributed by atoms with Gasteiger partial charge in [-0.3, -0.25) is 4.90 Å². The number of aromatic amines is 1. The van der Waals surface area contributed by atoms with Gasteiger partial charge in [0.15, 0.2) is 0 Å². The van der Waals surface area contributed by atoms with Gasteiger partial charge in [0.05, 0.1) is 0 Å². The predicted octanol–water partition coefficient (Wildman–Crippen LogP) is 2.34. The Labute approximate surface area is 79.9 Å². The van der Waals surface area contributed by atoms with Crippen LogP contribution in [0.2, 0.25) is 0 Å². The normalized spacial score (nSPS) is 23.1. The van der Waals surface area contributed by atoms with E-state index in [0.717, 1.165) is 0 Å². The van der Waals surface area contributed by atoms with Crippen LogP contribution in [-0.2, 0) is 6.42 Å². The summed E-state index contributed by atoms with van der Waals surface area (Å²) < 4.78 is 0.